The van der Waals surface area contributed by atoms with Crippen molar-refractivity contribution in [1.29, 1.82) is 0 Å². The summed E-state index contributed by atoms with van der Waals surface area (Å²) in [6, 6.07) is 0. The van der Waals surface area contributed by atoms with Gasteiger partial charge in [0.15, 0.2) is 0 Å². The molecule has 0 radical (unpaired) electrons. The number of quaternary nitrogens is 1. The fourth-order valence-electron chi connectivity index (χ4n) is 1.92. The van der Waals surface area contributed by atoms with Gasteiger partial charge in [-0.3, -0.25) is 0 Å². The second kappa shape index (κ2) is 17.6. The van der Waals surface area contributed by atoms with E-state index in [1.807, 2.05) is 0 Å². The van der Waals surface area contributed by atoms with E-state index in [4.69, 9.17) is 0 Å². The monoisotopic (exact) mass is 249 g/mol. The van der Waals surface area contributed by atoms with E-state index in [9.17, 15) is 0 Å². The zero-order valence-electron chi connectivity index (χ0n) is 11.4. The molecule has 1 nitrogen and oxygen atoms in total. The van der Waals surface area contributed by atoms with Gasteiger partial charge in [0.25, 0.3) is 0 Å². The molecule has 0 bridgehead atoms. The number of hydrogen-bond donors (Lipinski definition) is 1. The second-order valence-corrected chi connectivity index (χ2v) is 4.69. The minimum absolute atomic E-state index is 0. The molecule has 0 rings (SSSR count). The van der Waals surface area contributed by atoms with Gasteiger partial charge in [-0.2, -0.15) is 0 Å². The van der Waals surface area contributed by atoms with Crippen LogP contribution in [-0.4, -0.2) is 13.1 Å². The molecule has 0 fully saturated rings. The van der Waals surface area contributed by atoms with Crippen LogP contribution in [0.4, 0.5) is 0 Å². The molecule has 2 heteroatoms. The Labute approximate surface area is 109 Å². The van der Waals surface area contributed by atoms with Gasteiger partial charge in [-0.25, -0.2) is 0 Å². The lowest BCUT2D eigenvalue weighted by Crippen LogP contribution is -3.00. The standard InChI is InChI=1S/C14H31N.ClH/c1-3-5-7-8-9-10-11-12-14-15-13-6-4-2;/h15H,3-14H2,1-2H3;1H. The highest BCUT2D eigenvalue weighted by Crippen LogP contribution is 2.07. The summed E-state index contributed by atoms with van der Waals surface area (Å²) in [4.78, 5) is 0. The van der Waals surface area contributed by atoms with Crippen LogP contribution in [0, 0.1) is 0 Å². The first-order chi connectivity index (χ1) is 7.41. The van der Waals surface area contributed by atoms with Crippen molar-refractivity contribution in [1.82, 2.24) is 0 Å². The summed E-state index contributed by atoms with van der Waals surface area (Å²) < 4.78 is 0. The van der Waals surface area contributed by atoms with Gasteiger partial charge in [-0.05, 0) is 19.3 Å². The van der Waals surface area contributed by atoms with E-state index in [0.29, 0.717) is 0 Å². The fourth-order valence-corrected chi connectivity index (χ4v) is 1.92. The first kappa shape index (κ1) is 18.6. The van der Waals surface area contributed by atoms with E-state index < -0.39 is 0 Å². The first-order valence-corrected chi connectivity index (χ1v) is 7.23. The lowest BCUT2D eigenvalue weighted by Gasteiger charge is -2.01. The Kier molecular flexibility index (Phi) is 20.5. The molecule has 0 aromatic carbocycles. The number of rotatable bonds is 12. The molecule has 0 aliphatic carbocycles. The molecule has 0 atom stereocenters. The zero-order valence-corrected chi connectivity index (χ0v) is 12.2. The van der Waals surface area contributed by atoms with Crippen molar-refractivity contribution < 1.29 is 17.7 Å². The van der Waals surface area contributed by atoms with E-state index in [2.05, 4.69) is 19.2 Å². The van der Waals surface area contributed by atoms with Gasteiger partial charge in [0.2, 0.25) is 0 Å². The molecular formula is C14H32ClN. The summed E-state index contributed by atoms with van der Waals surface area (Å²) in [7, 11) is 0. The van der Waals surface area contributed by atoms with Crippen molar-refractivity contribution in [3.63, 3.8) is 0 Å². The maximum absolute atomic E-state index is 2.49. The smallest absolute Gasteiger partial charge is 0.0755 e. The van der Waals surface area contributed by atoms with Crippen molar-refractivity contribution in [2.24, 2.45) is 0 Å². The van der Waals surface area contributed by atoms with E-state index in [0.717, 1.165) is 0 Å². The molecule has 0 unspecified atom stereocenters. The molecule has 100 valence electrons. The van der Waals surface area contributed by atoms with Crippen molar-refractivity contribution in [2.45, 2.75) is 78.1 Å². The molecule has 0 aromatic rings. The maximum atomic E-state index is 2.49. The number of halogens is 1. The summed E-state index contributed by atoms with van der Waals surface area (Å²) in [6.45, 7) is 7.25. The van der Waals surface area contributed by atoms with Crippen LogP contribution in [0.25, 0.3) is 0 Å². The molecule has 0 heterocycles. The second-order valence-electron chi connectivity index (χ2n) is 4.69. The topological polar surface area (TPSA) is 16.6 Å². The van der Waals surface area contributed by atoms with Crippen LogP contribution in [-0.2, 0) is 0 Å². The first-order valence-electron chi connectivity index (χ1n) is 7.23. The van der Waals surface area contributed by atoms with Crippen LogP contribution in [0.3, 0.4) is 0 Å². The Balaban J connectivity index is 0. The van der Waals surface area contributed by atoms with Crippen molar-refractivity contribution in [2.75, 3.05) is 13.1 Å². The van der Waals surface area contributed by atoms with Crippen LogP contribution < -0.4 is 17.7 Å². The van der Waals surface area contributed by atoms with Crippen LogP contribution >= 0.6 is 0 Å². The highest BCUT2D eigenvalue weighted by molar-refractivity contribution is 4.44. The molecule has 0 spiro atoms. The summed E-state index contributed by atoms with van der Waals surface area (Å²) >= 11 is 0. The third kappa shape index (κ3) is 16.7. The van der Waals surface area contributed by atoms with Crippen molar-refractivity contribution in [3.05, 3.63) is 0 Å². The highest BCUT2D eigenvalue weighted by Gasteiger charge is 1.93. The SMILES string of the molecule is CCCCCCCCCC[NH2+]CCCC.[Cl-]. The molecular weight excluding hydrogens is 218 g/mol. The van der Waals surface area contributed by atoms with Gasteiger partial charge < -0.3 is 17.7 Å². The van der Waals surface area contributed by atoms with Gasteiger partial charge in [-0.15, -0.1) is 0 Å². The molecule has 0 amide bonds. The number of nitrogens with two attached hydrogens (primary N) is 1. The van der Waals surface area contributed by atoms with Gasteiger partial charge in [-0.1, -0.05) is 58.8 Å². The summed E-state index contributed by atoms with van der Waals surface area (Å²) in [5.74, 6) is 0. The fraction of sp³-hybridized carbons (Fsp3) is 1.00. The van der Waals surface area contributed by atoms with Gasteiger partial charge in [0, 0.05) is 0 Å². The molecule has 2 N–H and O–H groups in total. The van der Waals surface area contributed by atoms with Crippen LogP contribution in [0.1, 0.15) is 78.1 Å². The Morgan fingerprint density at radius 2 is 1.00 bits per heavy atom. The van der Waals surface area contributed by atoms with Crippen LogP contribution in [0.15, 0.2) is 0 Å². The van der Waals surface area contributed by atoms with Crippen molar-refractivity contribution >= 4 is 0 Å². The third-order valence-corrected chi connectivity index (χ3v) is 3.02. The van der Waals surface area contributed by atoms with Gasteiger partial charge in [0.1, 0.15) is 0 Å². The Morgan fingerprint density at radius 3 is 1.56 bits per heavy atom. The number of unbranched alkanes of at least 4 members (excludes halogenated alkanes) is 8. The maximum Gasteiger partial charge on any atom is 0.0755 e. The highest BCUT2D eigenvalue weighted by atomic mass is 35.5. The van der Waals surface area contributed by atoms with Gasteiger partial charge >= 0.3 is 0 Å². The van der Waals surface area contributed by atoms with Crippen molar-refractivity contribution in [3.8, 4) is 0 Å². The molecule has 0 saturated heterocycles. The third-order valence-electron chi connectivity index (χ3n) is 3.02. The predicted molar refractivity (Wildman–Crippen MR) is 69.2 cm³/mol. The quantitative estimate of drug-likeness (QED) is 0.485. The average Bonchev–Trinajstić information content (AvgIpc) is 2.26. The molecule has 0 aliphatic heterocycles. The predicted octanol–water partition coefficient (Wildman–Crippen LogP) is 0.495. The lowest BCUT2D eigenvalue weighted by atomic mass is 10.1. The molecule has 0 aromatic heterocycles. The molecule has 16 heavy (non-hydrogen) atoms. The number of hydrogen-bond acceptors (Lipinski definition) is 0. The van der Waals surface area contributed by atoms with Crippen LogP contribution in [0.5, 0.6) is 0 Å². The normalized spacial score (nSPS) is 10.1. The van der Waals surface area contributed by atoms with Crippen LogP contribution in [0.2, 0.25) is 0 Å². The molecule has 0 saturated carbocycles. The van der Waals surface area contributed by atoms with E-state index >= 15 is 0 Å². The summed E-state index contributed by atoms with van der Waals surface area (Å²) in [6.07, 6.45) is 14.3. The Bertz CT molecular complexity index is 94.9. The Morgan fingerprint density at radius 1 is 0.562 bits per heavy atom. The largest absolute Gasteiger partial charge is 1.00 e. The lowest BCUT2D eigenvalue weighted by molar-refractivity contribution is -0.655. The molecule has 0 aliphatic rings. The average molecular weight is 250 g/mol. The van der Waals surface area contributed by atoms with E-state index in [1.165, 1.54) is 77.3 Å². The summed E-state index contributed by atoms with van der Waals surface area (Å²) in [5, 5.41) is 2.49. The van der Waals surface area contributed by atoms with E-state index in [1.54, 1.807) is 0 Å². The minimum Gasteiger partial charge on any atom is -1.00 e. The van der Waals surface area contributed by atoms with Gasteiger partial charge in [0.05, 0.1) is 13.1 Å². The Hall–Kier alpha value is 0.250. The minimum atomic E-state index is 0. The summed E-state index contributed by atoms with van der Waals surface area (Å²) in [5.41, 5.74) is 0. The zero-order chi connectivity index (χ0) is 11.2. The van der Waals surface area contributed by atoms with E-state index in [-0.39, 0.29) is 12.4 Å².